The summed E-state index contributed by atoms with van der Waals surface area (Å²) in [7, 11) is 0. The van der Waals surface area contributed by atoms with E-state index >= 15 is 0 Å². The van der Waals surface area contributed by atoms with Crippen molar-refractivity contribution in [2.45, 2.75) is 45.8 Å². The molecule has 0 amide bonds. The Morgan fingerprint density at radius 1 is 0.893 bits per heavy atom. The second-order valence-electron chi connectivity index (χ2n) is 6.25. The molecule has 0 radical (unpaired) electrons. The molecule has 1 heterocycles. The van der Waals surface area contributed by atoms with Gasteiger partial charge in [0.2, 0.25) is 0 Å². The van der Waals surface area contributed by atoms with E-state index in [-0.39, 0.29) is 5.75 Å². The van der Waals surface area contributed by atoms with Gasteiger partial charge in [-0.2, -0.15) is 0 Å². The Morgan fingerprint density at radius 2 is 1.64 bits per heavy atom. The van der Waals surface area contributed by atoms with Crippen molar-refractivity contribution in [3.63, 3.8) is 0 Å². The Bertz CT molecular complexity index is 913. The van der Waals surface area contributed by atoms with E-state index in [4.69, 9.17) is 0 Å². The first-order valence-corrected chi connectivity index (χ1v) is 10.2. The molecule has 7 heteroatoms. The van der Waals surface area contributed by atoms with Crippen LogP contribution >= 0.6 is 23.5 Å². The zero-order valence-corrected chi connectivity index (χ0v) is 16.9. The highest BCUT2D eigenvalue weighted by Gasteiger charge is 2.31. The van der Waals surface area contributed by atoms with Gasteiger partial charge >= 0.3 is 6.36 Å². The monoisotopic (exact) mass is 421 g/mol. The van der Waals surface area contributed by atoms with Gasteiger partial charge in [-0.15, -0.1) is 13.2 Å². The van der Waals surface area contributed by atoms with E-state index < -0.39 is 6.36 Å². The summed E-state index contributed by atoms with van der Waals surface area (Å²) in [5.74, 6) is 0.193. The maximum atomic E-state index is 12.6. The van der Waals surface area contributed by atoms with E-state index in [2.05, 4.69) is 35.7 Å². The molecule has 0 N–H and O–H groups in total. The molecule has 3 rings (SSSR count). The first kappa shape index (κ1) is 20.6. The van der Waals surface area contributed by atoms with E-state index in [0.29, 0.717) is 15.8 Å². The van der Waals surface area contributed by atoms with Crippen LogP contribution < -0.4 is 4.74 Å². The number of hydrogen-bond donors (Lipinski definition) is 0. The largest absolute Gasteiger partial charge is 0.573 e. The quantitative estimate of drug-likeness (QED) is 0.413. The molecule has 1 aromatic heterocycles. The number of nitrogens with zero attached hydrogens (tertiary/aromatic N) is 1. The topological polar surface area (TPSA) is 22.1 Å². The molecule has 0 aliphatic heterocycles. The van der Waals surface area contributed by atoms with Crippen LogP contribution in [0.4, 0.5) is 13.2 Å². The normalized spacial score (nSPS) is 11.6. The van der Waals surface area contributed by atoms with Crippen LogP contribution in [0, 0.1) is 0 Å². The molecular formula is C21H18F3NOS2. The van der Waals surface area contributed by atoms with Gasteiger partial charge in [-0.05, 0) is 53.9 Å². The summed E-state index contributed by atoms with van der Waals surface area (Å²) in [5.41, 5.74) is 1.24. The van der Waals surface area contributed by atoms with Gasteiger partial charge in [-0.25, -0.2) is 4.98 Å². The van der Waals surface area contributed by atoms with Gasteiger partial charge < -0.3 is 4.74 Å². The smallest absolute Gasteiger partial charge is 0.406 e. The molecule has 0 spiro atoms. The fraction of sp³-hybridized carbons (Fsp3) is 0.190. The molecule has 2 aromatic carbocycles. The zero-order valence-electron chi connectivity index (χ0n) is 15.2. The summed E-state index contributed by atoms with van der Waals surface area (Å²) in [6, 6.07) is 18.0. The third-order valence-corrected chi connectivity index (χ3v) is 6.00. The third-order valence-electron chi connectivity index (χ3n) is 3.78. The molecule has 0 atom stereocenters. The lowest BCUT2D eigenvalue weighted by Gasteiger charge is -2.13. The number of ether oxygens (including phenoxy) is 1. The lowest BCUT2D eigenvalue weighted by molar-refractivity contribution is -0.274. The number of alkyl halides is 3. The number of rotatable bonds is 6. The summed E-state index contributed by atoms with van der Waals surface area (Å²) in [6.45, 7) is 4.26. The van der Waals surface area contributed by atoms with Gasteiger partial charge in [0.25, 0.3) is 0 Å². The fourth-order valence-corrected chi connectivity index (χ4v) is 4.32. The second-order valence-corrected chi connectivity index (χ2v) is 8.43. The predicted octanol–water partition coefficient (Wildman–Crippen LogP) is 7.41. The first-order chi connectivity index (χ1) is 13.3. The van der Waals surface area contributed by atoms with Gasteiger partial charge in [0.1, 0.15) is 10.8 Å². The number of pyridine rings is 1. The van der Waals surface area contributed by atoms with Crippen LogP contribution in [0.1, 0.15) is 25.3 Å². The van der Waals surface area contributed by atoms with Gasteiger partial charge in [0.15, 0.2) is 0 Å². The second kappa shape index (κ2) is 8.92. The van der Waals surface area contributed by atoms with Crippen LogP contribution in [0.15, 0.2) is 86.6 Å². The maximum absolute atomic E-state index is 12.6. The Balaban J connectivity index is 1.89. The van der Waals surface area contributed by atoms with Crippen LogP contribution in [-0.2, 0) is 0 Å². The van der Waals surface area contributed by atoms with Crippen molar-refractivity contribution in [2.75, 3.05) is 0 Å². The van der Waals surface area contributed by atoms with Crippen LogP contribution in [-0.4, -0.2) is 11.3 Å². The number of halogens is 3. The highest BCUT2D eigenvalue weighted by Crippen LogP contribution is 2.41. The standard InChI is InChI=1S/C21H18F3NOS2/c1-14(2)15-6-9-17(10-7-15)27-18-11-8-16(26-21(22,23)24)13-19(18)28-20-5-3-4-12-25-20/h3-14H,1-2H3. The number of aromatic nitrogens is 1. The van der Waals surface area contributed by atoms with E-state index in [1.54, 1.807) is 18.3 Å². The summed E-state index contributed by atoms with van der Waals surface area (Å²) < 4.78 is 41.9. The van der Waals surface area contributed by atoms with Crippen LogP contribution in [0.5, 0.6) is 5.75 Å². The molecule has 0 saturated heterocycles. The Hall–Kier alpha value is -2.12. The highest BCUT2D eigenvalue weighted by atomic mass is 32.2. The van der Waals surface area contributed by atoms with Crippen molar-refractivity contribution >= 4 is 23.5 Å². The molecule has 0 fully saturated rings. The molecule has 0 aliphatic carbocycles. The first-order valence-electron chi connectivity index (χ1n) is 8.56. The Morgan fingerprint density at radius 3 is 2.25 bits per heavy atom. The van der Waals surface area contributed by atoms with E-state index in [9.17, 15) is 13.2 Å². The zero-order chi connectivity index (χ0) is 20.1. The summed E-state index contributed by atoms with van der Waals surface area (Å²) in [4.78, 5) is 6.75. The molecule has 28 heavy (non-hydrogen) atoms. The molecule has 146 valence electrons. The molecule has 0 bridgehead atoms. The number of hydrogen-bond acceptors (Lipinski definition) is 4. The number of benzene rings is 2. The van der Waals surface area contributed by atoms with Gasteiger partial charge in [0.05, 0.1) is 0 Å². The van der Waals surface area contributed by atoms with E-state index in [1.807, 2.05) is 24.3 Å². The van der Waals surface area contributed by atoms with Crippen molar-refractivity contribution in [2.24, 2.45) is 0 Å². The minimum absolute atomic E-state index is 0.245. The fourth-order valence-electron chi connectivity index (χ4n) is 2.42. The Labute approximate surface area is 170 Å². The Kier molecular flexibility index (Phi) is 6.57. The molecule has 0 unspecified atom stereocenters. The third kappa shape index (κ3) is 5.94. The van der Waals surface area contributed by atoms with Crippen LogP contribution in [0.3, 0.4) is 0 Å². The molecular weight excluding hydrogens is 403 g/mol. The van der Waals surface area contributed by atoms with Gasteiger partial charge in [0, 0.05) is 20.9 Å². The van der Waals surface area contributed by atoms with Crippen molar-refractivity contribution < 1.29 is 17.9 Å². The molecule has 0 aliphatic rings. The lowest BCUT2D eigenvalue weighted by Crippen LogP contribution is -2.17. The summed E-state index contributed by atoms with van der Waals surface area (Å²) in [5, 5.41) is 0.698. The van der Waals surface area contributed by atoms with Crippen molar-refractivity contribution in [3.8, 4) is 5.75 Å². The SMILES string of the molecule is CC(C)c1ccc(Sc2ccc(OC(F)(F)F)cc2Sc2ccccn2)cc1. The molecule has 0 saturated carbocycles. The summed E-state index contributed by atoms with van der Waals surface area (Å²) >= 11 is 2.80. The average Bonchev–Trinajstić information content (AvgIpc) is 2.64. The minimum Gasteiger partial charge on any atom is -0.406 e. The highest BCUT2D eigenvalue weighted by molar-refractivity contribution is 8.02. The lowest BCUT2D eigenvalue weighted by atomic mass is 10.0. The van der Waals surface area contributed by atoms with Crippen molar-refractivity contribution in [1.82, 2.24) is 4.98 Å². The van der Waals surface area contributed by atoms with Crippen LogP contribution in [0.2, 0.25) is 0 Å². The predicted molar refractivity (Wildman–Crippen MR) is 106 cm³/mol. The van der Waals surface area contributed by atoms with Crippen LogP contribution in [0.25, 0.3) is 0 Å². The summed E-state index contributed by atoms with van der Waals surface area (Å²) in [6.07, 6.45) is -3.08. The minimum atomic E-state index is -4.73. The molecule has 3 aromatic rings. The maximum Gasteiger partial charge on any atom is 0.573 e. The molecule has 2 nitrogen and oxygen atoms in total. The van der Waals surface area contributed by atoms with E-state index in [1.165, 1.54) is 41.2 Å². The van der Waals surface area contributed by atoms with Crippen molar-refractivity contribution in [1.29, 1.82) is 0 Å². The van der Waals surface area contributed by atoms with Crippen molar-refractivity contribution in [3.05, 3.63) is 72.4 Å². The average molecular weight is 422 g/mol. The van der Waals surface area contributed by atoms with E-state index in [0.717, 1.165) is 9.79 Å². The van der Waals surface area contributed by atoms with Gasteiger partial charge in [-0.3, -0.25) is 0 Å². The van der Waals surface area contributed by atoms with Gasteiger partial charge in [-0.1, -0.05) is 55.6 Å².